The van der Waals surface area contributed by atoms with E-state index >= 15 is 0 Å². The number of hydrogen-bond donors (Lipinski definition) is 1. The first-order valence-electron chi connectivity index (χ1n) is 3.85. The third kappa shape index (κ3) is 4.67. The van der Waals surface area contributed by atoms with Gasteiger partial charge in [-0.1, -0.05) is 0 Å². The van der Waals surface area contributed by atoms with Crippen molar-refractivity contribution in [1.29, 1.82) is 5.26 Å². The lowest BCUT2D eigenvalue weighted by Gasteiger charge is -2.25. The maximum absolute atomic E-state index is 11.9. The highest BCUT2D eigenvalue weighted by Gasteiger charge is 2.58. The van der Waals surface area contributed by atoms with Crippen LogP contribution in [0.25, 0.3) is 0 Å². The van der Waals surface area contributed by atoms with Crippen LogP contribution in [0.15, 0.2) is 0 Å². The quantitative estimate of drug-likeness (QED) is 0.776. The van der Waals surface area contributed by atoms with E-state index in [1.165, 1.54) is 6.07 Å². The fourth-order valence-electron chi connectivity index (χ4n) is 0.663. The Morgan fingerprint density at radius 1 is 1.19 bits per heavy atom. The Labute approximate surface area is 86.8 Å². The van der Waals surface area contributed by atoms with Crippen LogP contribution in [0.4, 0.5) is 26.3 Å². The third-order valence-corrected chi connectivity index (χ3v) is 1.40. The second-order valence-corrected chi connectivity index (χ2v) is 3.30. The Hall–Kier alpha value is -1.01. The van der Waals surface area contributed by atoms with Crippen LogP contribution in [-0.4, -0.2) is 30.6 Å². The van der Waals surface area contributed by atoms with Crippen LogP contribution in [0, 0.1) is 11.3 Å². The van der Waals surface area contributed by atoms with Crippen LogP contribution in [0.2, 0.25) is 0 Å². The van der Waals surface area contributed by atoms with Gasteiger partial charge in [-0.15, -0.1) is 0 Å². The second-order valence-electron chi connectivity index (χ2n) is 3.30. The SMILES string of the molecule is CC(N)(C#N)COC(C(F)(F)F)C(F)(F)F. The molecule has 0 amide bonds. The number of halogens is 6. The molecule has 0 aliphatic carbocycles. The van der Waals surface area contributed by atoms with Crippen LogP contribution < -0.4 is 5.73 Å². The Kier molecular flexibility index (Phi) is 4.18. The van der Waals surface area contributed by atoms with E-state index in [-0.39, 0.29) is 0 Å². The van der Waals surface area contributed by atoms with Gasteiger partial charge >= 0.3 is 12.4 Å². The zero-order valence-corrected chi connectivity index (χ0v) is 7.99. The normalized spacial score (nSPS) is 17.0. The summed E-state index contributed by atoms with van der Waals surface area (Å²) in [6.45, 7) is -0.218. The molecule has 0 spiro atoms. The molecule has 16 heavy (non-hydrogen) atoms. The maximum Gasteiger partial charge on any atom is 0.423 e. The van der Waals surface area contributed by atoms with Crippen LogP contribution >= 0.6 is 0 Å². The fraction of sp³-hybridized carbons (Fsp3) is 0.857. The van der Waals surface area contributed by atoms with Crippen molar-refractivity contribution in [3.8, 4) is 6.07 Å². The van der Waals surface area contributed by atoms with Crippen LogP contribution in [0.3, 0.4) is 0 Å². The van der Waals surface area contributed by atoms with Gasteiger partial charge < -0.3 is 10.5 Å². The Balaban J connectivity index is 4.69. The maximum atomic E-state index is 11.9. The molecule has 1 atom stereocenters. The van der Waals surface area contributed by atoms with Gasteiger partial charge in [0, 0.05) is 0 Å². The molecule has 0 bridgehead atoms. The minimum atomic E-state index is -5.59. The van der Waals surface area contributed by atoms with E-state index in [1.807, 2.05) is 0 Å². The molecule has 0 radical (unpaired) electrons. The zero-order valence-electron chi connectivity index (χ0n) is 7.99. The predicted octanol–water partition coefficient (Wildman–Crippen LogP) is 1.74. The van der Waals surface area contributed by atoms with Crippen molar-refractivity contribution in [3.63, 3.8) is 0 Å². The molecule has 1 unspecified atom stereocenters. The van der Waals surface area contributed by atoms with Crippen molar-refractivity contribution >= 4 is 0 Å². The minimum Gasteiger partial charge on any atom is -0.358 e. The monoisotopic (exact) mass is 250 g/mol. The molecule has 0 aliphatic heterocycles. The summed E-state index contributed by atoms with van der Waals surface area (Å²) in [5.74, 6) is 0. The Morgan fingerprint density at radius 2 is 1.56 bits per heavy atom. The third-order valence-electron chi connectivity index (χ3n) is 1.40. The molecule has 0 saturated carbocycles. The largest absolute Gasteiger partial charge is 0.423 e. The molecule has 0 saturated heterocycles. The highest BCUT2D eigenvalue weighted by Crippen LogP contribution is 2.35. The average Bonchev–Trinajstić information content (AvgIpc) is 1.99. The van der Waals surface area contributed by atoms with E-state index < -0.39 is 30.6 Å². The molecule has 0 aliphatic rings. The van der Waals surface area contributed by atoms with Gasteiger partial charge in [0.2, 0.25) is 6.10 Å². The molecule has 0 rings (SSSR count). The van der Waals surface area contributed by atoms with Gasteiger partial charge in [0.1, 0.15) is 5.54 Å². The molecule has 0 heterocycles. The number of hydrogen-bond acceptors (Lipinski definition) is 3. The molecule has 0 fully saturated rings. The first-order chi connectivity index (χ1) is 6.90. The molecule has 0 aromatic carbocycles. The molecule has 0 aromatic rings. The van der Waals surface area contributed by atoms with Gasteiger partial charge in [0.25, 0.3) is 0 Å². The summed E-state index contributed by atoms with van der Waals surface area (Å²) in [5, 5.41) is 8.30. The van der Waals surface area contributed by atoms with Gasteiger partial charge in [-0.25, -0.2) is 0 Å². The average molecular weight is 250 g/mol. The lowest BCUT2D eigenvalue weighted by Crippen LogP contribution is -2.49. The summed E-state index contributed by atoms with van der Waals surface area (Å²) in [5.41, 5.74) is 3.12. The number of nitriles is 1. The van der Waals surface area contributed by atoms with Crippen molar-refractivity contribution < 1.29 is 31.1 Å². The van der Waals surface area contributed by atoms with E-state index in [4.69, 9.17) is 11.0 Å². The van der Waals surface area contributed by atoms with Crippen molar-refractivity contribution in [1.82, 2.24) is 0 Å². The van der Waals surface area contributed by atoms with E-state index in [1.54, 1.807) is 0 Å². The predicted molar refractivity (Wildman–Crippen MR) is 40.1 cm³/mol. The van der Waals surface area contributed by atoms with E-state index in [9.17, 15) is 26.3 Å². The van der Waals surface area contributed by atoms with Crippen LogP contribution in [0.1, 0.15) is 6.92 Å². The first-order valence-corrected chi connectivity index (χ1v) is 3.85. The summed E-state index contributed by atoms with van der Waals surface area (Å²) >= 11 is 0. The molecular weight excluding hydrogens is 242 g/mol. The topological polar surface area (TPSA) is 59.0 Å². The molecule has 3 nitrogen and oxygen atoms in total. The molecular formula is C7H8F6N2O. The van der Waals surface area contributed by atoms with Gasteiger partial charge in [0.15, 0.2) is 0 Å². The van der Waals surface area contributed by atoms with Crippen molar-refractivity contribution in [2.45, 2.75) is 30.9 Å². The molecule has 0 aromatic heterocycles. The van der Waals surface area contributed by atoms with Crippen molar-refractivity contribution in [3.05, 3.63) is 0 Å². The van der Waals surface area contributed by atoms with E-state index in [2.05, 4.69) is 4.74 Å². The smallest absolute Gasteiger partial charge is 0.358 e. The van der Waals surface area contributed by atoms with Gasteiger partial charge in [-0.05, 0) is 6.92 Å². The Bertz CT molecular complexity index is 262. The zero-order chi connectivity index (χ0) is 13.2. The Morgan fingerprint density at radius 3 is 1.81 bits per heavy atom. The summed E-state index contributed by atoms with van der Waals surface area (Å²) in [7, 11) is 0. The van der Waals surface area contributed by atoms with Crippen molar-refractivity contribution in [2.75, 3.05) is 6.61 Å². The van der Waals surface area contributed by atoms with Gasteiger partial charge in [-0.2, -0.15) is 31.6 Å². The lowest BCUT2D eigenvalue weighted by atomic mass is 10.1. The molecule has 9 heteroatoms. The highest BCUT2D eigenvalue weighted by atomic mass is 19.4. The summed E-state index contributed by atoms with van der Waals surface area (Å²) in [6.07, 6.45) is -15.1. The summed E-state index contributed by atoms with van der Waals surface area (Å²) in [6, 6.07) is 1.32. The number of nitrogens with zero attached hydrogens (tertiary/aromatic N) is 1. The second kappa shape index (κ2) is 4.47. The molecule has 2 N–H and O–H groups in total. The van der Waals surface area contributed by atoms with Gasteiger partial charge in [-0.3, -0.25) is 0 Å². The van der Waals surface area contributed by atoms with Crippen molar-refractivity contribution in [2.24, 2.45) is 5.73 Å². The van der Waals surface area contributed by atoms with Gasteiger partial charge in [0.05, 0.1) is 12.7 Å². The summed E-state index contributed by atoms with van der Waals surface area (Å²) in [4.78, 5) is 0. The molecule has 94 valence electrons. The van der Waals surface area contributed by atoms with Crippen LogP contribution in [0.5, 0.6) is 0 Å². The summed E-state index contributed by atoms with van der Waals surface area (Å²) < 4.78 is 75.2. The number of nitrogens with two attached hydrogens (primary N) is 1. The first kappa shape index (κ1) is 15.0. The fourth-order valence-corrected chi connectivity index (χ4v) is 0.663. The number of alkyl halides is 6. The van der Waals surface area contributed by atoms with E-state index in [0.29, 0.717) is 0 Å². The highest BCUT2D eigenvalue weighted by molar-refractivity contribution is 5.01. The van der Waals surface area contributed by atoms with E-state index in [0.717, 1.165) is 6.92 Å². The standard InChI is InChI=1S/C7H8F6N2O/c1-5(15,2-14)3-16-4(6(8,9)10)7(11,12)13/h4H,3,15H2,1H3. The number of rotatable bonds is 3. The van der Waals surface area contributed by atoms with Crippen LogP contribution in [-0.2, 0) is 4.74 Å². The lowest BCUT2D eigenvalue weighted by molar-refractivity contribution is -0.323. The number of ether oxygens (including phenoxy) is 1. The minimum absolute atomic E-state index is 0.955.